The molecule has 8 nitrogen and oxygen atoms in total. The van der Waals surface area contributed by atoms with Crippen molar-refractivity contribution in [1.29, 1.82) is 0 Å². The van der Waals surface area contributed by atoms with E-state index < -0.39 is 11.6 Å². The van der Waals surface area contributed by atoms with Crippen LogP contribution in [0, 0.1) is 0 Å². The Balaban J connectivity index is 1.51. The number of nitrogens with zero attached hydrogens (tertiary/aromatic N) is 4. The minimum Gasteiger partial charge on any atom is -0.460 e. The summed E-state index contributed by atoms with van der Waals surface area (Å²) in [6, 6.07) is 9.40. The number of hydrogen-bond donors (Lipinski definition) is 0. The molecule has 1 aliphatic heterocycles. The second-order valence-corrected chi connectivity index (χ2v) is 7.83. The molecule has 1 fully saturated rings. The molecule has 2 heterocycles. The zero-order valence-corrected chi connectivity index (χ0v) is 16.9. The second kappa shape index (κ2) is 8.89. The van der Waals surface area contributed by atoms with Gasteiger partial charge in [0.2, 0.25) is 0 Å². The highest BCUT2D eigenvalue weighted by molar-refractivity contribution is 5.85. The highest BCUT2D eigenvalue weighted by Gasteiger charge is 2.32. The number of carbonyl (C=O) groups excluding carboxylic acids is 2. The van der Waals surface area contributed by atoms with E-state index in [1.165, 1.54) is 23.3 Å². The van der Waals surface area contributed by atoms with Gasteiger partial charge in [-0.15, -0.1) is 5.10 Å². The Morgan fingerprint density at radius 3 is 2.72 bits per heavy atom. The number of ether oxygens (including phenoxy) is 2. The van der Waals surface area contributed by atoms with E-state index in [2.05, 4.69) is 10.1 Å². The highest BCUT2D eigenvalue weighted by atomic mass is 16.6. The summed E-state index contributed by atoms with van der Waals surface area (Å²) in [4.78, 5) is 30.2. The lowest BCUT2D eigenvalue weighted by atomic mass is 10.2. The molecule has 0 bridgehead atoms. The Bertz CT molecular complexity index is 870. The van der Waals surface area contributed by atoms with Crippen molar-refractivity contribution in [3.8, 4) is 11.4 Å². The van der Waals surface area contributed by atoms with Crippen LogP contribution >= 0.6 is 0 Å². The van der Waals surface area contributed by atoms with Crippen LogP contribution < -0.4 is 0 Å². The maximum absolute atomic E-state index is 12.3. The van der Waals surface area contributed by atoms with Crippen molar-refractivity contribution in [3.63, 3.8) is 0 Å². The van der Waals surface area contributed by atoms with Crippen LogP contribution in [0.25, 0.3) is 17.6 Å². The van der Waals surface area contributed by atoms with Gasteiger partial charge in [0, 0.05) is 24.4 Å². The molecule has 0 saturated carbocycles. The number of esters is 1. The summed E-state index contributed by atoms with van der Waals surface area (Å²) in [6.07, 6.45) is 5.56. The van der Waals surface area contributed by atoms with Crippen molar-refractivity contribution in [1.82, 2.24) is 19.7 Å². The van der Waals surface area contributed by atoms with Crippen LogP contribution in [0.3, 0.4) is 0 Å². The smallest absolute Gasteiger partial charge is 0.410 e. The molecule has 154 valence electrons. The largest absolute Gasteiger partial charge is 0.460 e. The first-order valence-corrected chi connectivity index (χ1v) is 9.63. The molecule has 0 aliphatic carbocycles. The molecule has 0 radical (unpaired) electrons. The quantitative estimate of drug-likeness (QED) is 0.567. The maximum atomic E-state index is 12.3. The van der Waals surface area contributed by atoms with Crippen molar-refractivity contribution in [3.05, 3.63) is 42.7 Å². The number of rotatable bonds is 5. The monoisotopic (exact) mass is 398 g/mol. The molecule has 1 aliphatic rings. The van der Waals surface area contributed by atoms with E-state index in [0.29, 0.717) is 12.4 Å². The molecule has 1 saturated heterocycles. The molecule has 0 N–H and O–H groups in total. The van der Waals surface area contributed by atoms with Gasteiger partial charge >= 0.3 is 12.1 Å². The van der Waals surface area contributed by atoms with E-state index in [0.717, 1.165) is 18.4 Å². The van der Waals surface area contributed by atoms with Gasteiger partial charge in [0.05, 0.1) is 6.04 Å². The van der Waals surface area contributed by atoms with Gasteiger partial charge in [-0.3, -0.25) is 0 Å². The fraction of sp³-hybridized carbons (Fsp3) is 0.429. The van der Waals surface area contributed by atoms with Crippen LogP contribution in [0.5, 0.6) is 0 Å². The third kappa shape index (κ3) is 5.91. The van der Waals surface area contributed by atoms with Crippen LogP contribution in [-0.4, -0.2) is 56.5 Å². The summed E-state index contributed by atoms with van der Waals surface area (Å²) in [5, 5.41) is 4.30. The predicted molar refractivity (Wildman–Crippen MR) is 108 cm³/mol. The molecular formula is C21H26N4O4. The zero-order valence-electron chi connectivity index (χ0n) is 16.9. The Morgan fingerprint density at radius 2 is 2.00 bits per heavy atom. The third-order valence-corrected chi connectivity index (χ3v) is 4.33. The minimum absolute atomic E-state index is 0.134. The van der Waals surface area contributed by atoms with Crippen molar-refractivity contribution in [2.45, 2.75) is 45.3 Å². The number of amides is 1. The summed E-state index contributed by atoms with van der Waals surface area (Å²) in [5.74, 6) is 0.0698. The summed E-state index contributed by atoms with van der Waals surface area (Å²) in [5.41, 5.74) is 0.339. The first kappa shape index (κ1) is 20.6. The number of hydrogen-bond acceptors (Lipinski definition) is 6. The molecule has 1 aromatic heterocycles. The van der Waals surface area contributed by atoms with E-state index in [4.69, 9.17) is 9.47 Å². The molecule has 2 aromatic rings. The second-order valence-electron chi connectivity index (χ2n) is 7.83. The summed E-state index contributed by atoms with van der Waals surface area (Å²) >= 11 is 0. The van der Waals surface area contributed by atoms with E-state index in [1.54, 1.807) is 4.90 Å². The van der Waals surface area contributed by atoms with Gasteiger partial charge in [-0.05, 0) is 33.6 Å². The van der Waals surface area contributed by atoms with Crippen LogP contribution in [0.1, 0.15) is 33.6 Å². The van der Waals surface area contributed by atoms with Crippen molar-refractivity contribution >= 4 is 18.3 Å². The Hall–Kier alpha value is -3.16. The van der Waals surface area contributed by atoms with Gasteiger partial charge in [-0.2, -0.15) is 0 Å². The normalized spacial score (nSPS) is 16.9. The topological polar surface area (TPSA) is 86.5 Å². The first-order chi connectivity index (χ1) is 13.8. The maximum Gasteiger partial charge on any atom is 0.410 e. The Morgan fingerprint density at radius 1 is 1.24 bits per heavy atom. The lowest BCUT2D eigenvalue weighted by molar-refractivity contribution is -0.139. The molecule has 0 spiro atoms. The van der Waals surface area contributed by atoms with Crippen molar-refractivity contribution < 1.29 is 19.1 Å². The molecule has 29 heavy (non-hydrogen) atoms. The standard InChI is InChI=1S/C21H26N4O4/c1-21(2,3)29-20(27)25-12-7-10-17(25)14-28-18(26)11-13-24-15-22-19(23-24)16-8-5-4-6-9-16/h4-6,8-9,11,13,15,17H,7,10,12,14H2,1-3H3. The molecule has 1 amide bonds. The van der Waals surface area contributed by atoms with Crippen molar-refractivity contribution in [2.24, 2.45) is 0 Å². The summed E-state index contributed by atoms with van der Waals surface area (Å²) in [7, 11) is 0. The zero-order chi connectivity index (χ0) is 20.9. The Labute approximate surface area is 170 Å². The van der Waals surface area contributed by atoms with E-state index >= 15 is 0 Å². The lowest BCUT2D eigenvalue weighted by Gasteiger charge is -2.28. The van der Waals surface area contributed by atoms with Gasteiger partial charge in [0.1, 0.15) is 18.5 Å². The van der Waals surface area contributed by atoms with Crippen LogP contribution in [0.2, 0.25) is 0 Å². The highest BCUT2D eigenvalue weighted by Crippen LogP contribution is 2.21. The van der Waals surface area contributed by atoms with E-state index in [9.17, 15) is 9.59 Å². The molecular weight excluding hydrogens is 372 g/mol. The fourth-order valence-electron chi connectivity index (χ4n) is 3.00. The van der Waals surface area contributed by atoms with Gasteiger partial charge in [-0.25, -0.2) is 19.3 Å². The lowest BCUT2D eigenvalue weighted by Crippen LogP contribution is -2.42. The number of benzene rings is 1. The predicted octanol–water partition coefficient (Wildman–Crippen LogP) is 3.36. The summed E-state index contributed by atoms with van der Waals surface area (Å²) in [6.45, 7) is 6.22. The van der Waals surface area contributed by atoms with Gasteiger partial charge in [-0.1, -0.05) is 30.3 Å². The van der Waals surface area contributed by atoms with Gasteiger partial charge in [0.15, 0.2) is 5.82 Å². The molecule has 1 unspecified atom stereocenters. The van der Waals surface area contributed by atoms with Crippen LogP contribution in [0.15, 0.2) is 42.7 Å². The molecule has 1 atom stereocenters. The van der Waals surface area contributed by atoms with Crippen LogP contribution in [-0.2, 0) is 14.3 Å². The average Bonchev–Trinajstić information content (AvgIpc) is 3.33. The third-order valence-electron chi connectivity index (χ3n) is 4.33. The fourth-order valence-corrected chi connectivity index (χ4v) is 3.00. The van der Waals surface area contributed by atoms with Crippen molar-refractivity contribution in [2.75, 3.05) is 13.2 Å². The number of carbonyl (C=O) groups is 2. The number of aromatic nitrogens is 3. The van der Waals surface area contributed by atoms with Gasteiger partial charge in [0.25, 0.3) is 0 Å². The SMILES string of the molecule is CC(C)(C)OC(=O)N1CCCC1COC(=O)C=Cn1cnc(-c2ccccc2)n1. The first-order valence-electron chi connectivity index (χ1n) is 9.63. The van der Waals surface area contributed by atoms with E-state index in [1.807, 2.05) is 51.1 Å². The van der Waals surface area contributed by atoms with E-state index in [-0.39, 0.29) is 18.7 Å². The molecule has 8 heteroatoms. The Kier molecular flexibility index (Phi) is 6.31. The average molecular weight is 398 g/mol. The molecule has 1 aromatic carbocycles. The summed E-state index contributed by atoms with van der Waals surface area (Å²) < 4.78 is 12.2. The number of likely N-dealkylation sites (tertiary alicyclic amines) is 1. The minimum atomic E-state index is -0.556. The van der Waals surface area contributed by atoms with Crippen LogP contribution in [0.4, 0.5) is 4.79 Å². The van der Waals surface area contributed by atoms with Gasteiger partial charge < -0.3 is 14.4 Å². The molecule has 3 rings (SSSR count).